The fourth-order valence-electron chi connectivity index (χ4n) is 3.54. The summed E-state index contributed by atoms with van der Waals surface area (Å²) in [5.41, 5.74) is 1.31. The first-order valence-electron chi connectivity index (χ1n) is 8.82. The summed E-state index contributed by atoms with van der Waals surface area (Å²) in [6.45, 7) is 0.162. The number of rotatable bonds is 4. The van der Waals surface area contributed by atoms with Crippen molar-refractivity contribution in [3.05, 3.63) is 64.5 Å². The average molecular weight is 391 g/mol. The highest BCUT2D eigenvalue weighted by atomic mass is 35.5. The van der Waals surface area contributed by atoms with Crippen LogP contribution >= 0.6 is 11.6 Å². The molecule has 4 nitrogen and oxygen atoms in total. The minimum Gasteiger partial charge on any atom is -0.439 e. The van der Waals surface area contributed by atoms with E-state index in [1.54, 1.807) is 23.1 Å². The third-order valence-corrected chi connectivity index (χ3v) is 5.13. The Hall–Kier alpha value is -2.47. The predicted octanol–water partition coefficient (Wildman–Crippen LogP) is 5.34. The van der Waals surface area contributed by atoms with Gasteiger partial charge in [-0.2, -0.15) is 0 Å². The molecule has 1 amide bonds. The fourth-order valence-corrected chi connectivity index (χ4v) is 3.71. The van der Waals surface area contributed by atoms with E-state index in [1.165, 1.54) is 6.07 Å². The number of oxazole rings is 1. The number of benzene rings is 2. The molecule has 27 heavy (non-hydrogen) atoms. The van der Waals surface area contributed by atoms with Gasteiger partial charge in [0.25, 0.3) is 5.91 Å². The molecule has 1 aliphatic carbocycles. The molecular weight excluding hydrogens is 374 g/mol. The summed E-state index contributed by atoms with van der Waals surface area (Å²) in [5, 5.41) is 0.549. The number of amides is 1. The van der Waals surface area contributed by atoms with Gasteiger partial charge in [-0.1, -0.05) is 24.4 Å². The number of halogens is 3. The van der Waals surface area contributed by atoms with Gasteiger partial charge in [-0.3, -0.25) is 4.79 Å². The van der Waals surface area contributed by atoms with Crippen LogP contribution in [0.3, 0.4) is 0 Å². The Morgan fingerprint density at radius 1 is 1.15 bits per heavy atom. The van der Waals surface area contributed by atoms with Crippen LogP contribution in [0.4, 0.5) is 8.78 Å². The fraction of sp³-hybridized carbons (Fsp3) is 0.300. The highest BCUT2D eigenvalue weighted by Crippen LogP contribution is 2.28. The third kappa shape index (κ3) is 3.67. The maximum atomic E-state index is 13.6. The Labute approximate surface area is 159 Å². The topological polar surface area (TPSA) is 46.3 Å². The quantitative estimate of drug-likeness (QED) is 0.603. The molecule has 0 saturated heterocycles. The van der Waals surface area contributed by atoms with Crippen LogP contribution in [-0.4, -0.2) is 21.8 Å². The van der Waals surface area contributed by atoms with Gasteiger partial charge in [0, 0.05) is 16.6 Å². The van der Waals surface area contributed by atoms with Crippen molar-refractivity contribution in [3.8, 4) is 0 Å². The molecule has 1 aliphatic rings. The zero-order chi connectivity index (χ0) is 19.0. The van der Waals surface area contributed by atoms with Gasteiger partial charge < -0.3 is 9.32 Å². The molecule has 0 radical (unpaired) electrons. The summed E-state index contributed by atoms with van der Waals surface area (Å²) >= 11 is 5.98. The van der Waals surface area contributed by atoms with Crippen LogP contribution in [0.2, 0.25) is 5.02 Å². The minimum absolute atomic E-state index is 0.0178. The van der Waals surface area contributed by atoms with Crippen molar-refractivity contribution in [2.45, 2.75) is 38.3 Å². The van der Waals surface area contributed by atoms with E-state index in [4.69, 9.17) is 16.0 Å². The molecule has 1 saturated carbocycles. The van der Waals surface area contributed by atoms with Crippen LogP contribution in [0.5, 0.6) is 0 Å². The largest absolute Gasteiger partial charge is 0.439 e. The number of nitrogens with zero attached hydrogens (tertiary/aromatic N) is 2. The Balaban J connectivity index is 1.65. The Bertz CT molecular complexity index is 999. The number of carbonyl (C=O) groups excluding carboxylic acids is 1. The van der Waals surface area contributed by atoms with Crippen molar-refractivity contribution < 1.29 is 18.0 Å². The van der Waals surface area contributed by atoms with Crippen LogP contribution in [-0.2, 0) is 6.54 Å². The van der Waals surface area contributed by atoms with E-state index in [0.717, 1.165) is 37.8 Å². The van der Waals surface area contributed by atoms with Crippen molar-refractivity contribution in [1.29, 1.82) is 0 Å². The molecule has 1 heterocycles. The molecule has 3 aromatic rings. The summed E-state index contributed by atoms with van der Waals surface area (Å²) in [7, 11) is 0. The molecule has 0 bridgehead atoms. The normalized spacial score (nSPS) is 14.8. The van der Waals surface area contributed by atoms with Crippen LogP contribution in [0.15, 0.2) is 40.8 Å². The SMILES string of the molecule is O=C(c1ccc(F)c(F)c1)N(Cc1nc2cc(Cl)ccc2o1)C1CCCC1. The summed E-state index contributed by atoms with van der Waals surface area (Å²) < 4.78 is 32.6. The molecule has 0 spiro atoms. The lowest BCUT2D eigenvalue weighted by Crippen LogP contribution is -2.38. The second kappa shape index (κ2) is 7.27. The number of hydrogen-bond acceptors (Lipinski definition) is 3. The van der Waals surface area contributed by atoms with Gasteiger partial charge >= 0.3 is 0 Å². The van der Waals surface area contributed by atoms with E-state index >= 15 is 0 Å². The zero-order valence-electron chi connectivity index (χ0n) is 14.4. The molecule has 4 rings (SSSR count). The Morgan fingerprint density at radius 3 is 2.67 bits per heavy atom. The van der Waals surface area contributed by atoms with Crippen molar-refractivity contribution in [2.75, 3.05) is 0 Å². The van der Waals surface area contributed by atoms with Gasteiger partial charge in [0.1, 0.15) is 5.52 Å². The molecule has 0 atom stereocenters. The van der Waals surface area contributed by atoms with E-state index in [-0.39, 0.29) is 24.1 Å². The van der Waals surface area contributed by atoms with Gasteiger partial charge in [-0.15, -0.1) is 0 Å². The van der Waals surface area contributed by atoms with E-state index in [0.29, 0.717) is 22.0 Å². The van der Waals surface area contributed by atoms with E-state index in [9.17, 15) is 13.6 Å². The van der Waals surface area contributed by atoms with Crippen LogP contribution in [0, 0.1) is 11.6 Å². The van der Waals surface area contributed by atoms with Crippen LogP contribution in [0.1, 0.15) is 41.9 Å². The van der Waals surface area contributed by atoms with E-state index < -0.39 is 11.6 Å². The summed E-state index contributed by atoms with van der Waals surface area (Å²) in [5.74, 6) is -1.99. The first kappa shape index (κ1) is 17.9. The maximum absolute atomic E-state index is 13.6. The highest BCUT2D eigenvalue weighted by molar-refractivity contribution is 6.31. The number of aromatic nitrogens is 1. The predicted molar refractivity (Wildman–Crippen MR) is 97.5 cm³/mol. The van der Waals surface area contributed by atoms with Gasteiger partial charge in [0.05, 0.1) is 6.54 Å². The lowest BCUT2D eigenvalue weighted by molar-refractivity contribution is 0.0645. The molecule has 1 aromatic heterocycles. The molecule has 0 aliphatic heterocycles. The molecule has 0 N–H and O–H groups in total. The van der Waals surface area contributed by atoms with Crippen molar-refractivity contribution in [1.82, 2.24) is 9.88 Å². The lowest BCUT2D eigenvalue weighted by atomic mass is 10.1. The lowest BCUT2D eigenvalue weighted by Gasteiger charge is -2.28. The standard InChI is InChI=1S/C20H17ClF2N2O2/c21-13-6-8-18-17(10-13)24-19(27-18)11-25(14-3-1-2-4-14)20(26)12-5-7-15(22)16(23)9-12/h5-10,14H,1-4,11H2. The molecule has 0 unspecified atom stereocenters. The van der Waals surface area contributed by atoms with Crippen molar-refractivity contribution in [2.24, 2.45) is 0 Å². The first-order chi connectivity index (χ1) is 13.0. The monoisotopic (exact) mass is 390 g/mol. The maximum Gasteiger partial charge on any atom is 0.254 e. The number of hydrogen-bond donors (Lipinski definition) is 0. The Morgan fingerprint density at radius 2 is 1.93 bits per heavy atom. The van der Waals surface area contributed by atoms with Crippen molar-refractivity contribution in [3.63, 3.8) is 0 Å². The number of fused-ring (bicyclic) bond motifs is 1. The van der Waals surface area contributed by atoms with E-state index in [1.807, 2.05) is 0 Å². The molecule has 1 fully saturated rings. The average Bonchev–Trinajstić information content (AvgIpc) is 3.30. The molecule has 140 valence electrons. The number of carbonyl (C=O) groups is 1. The Kier molecular flexibility index (Phi) is 4.83. The van der Waals surface area contributed by atoms with E-state index in [2.05, 4.69) is 4.98 Å². The van der Waals surface area contributed by atoms with Gasteiger partial charge in [-0.25, -0.2) is 13.8 Å². The molecular formula is C20H17ClF2N2O2. The second-order valence-corrected chi connectivity index (χ2v) is 7.16. The molecule has 2 aromatic carbocycles. The van der Waals surface area contributed by atoms with Crippen LogP contribution < -0.4 is 0 Å². The summed E-state index contributed by atoms with van der Waals surface area (Å²) in [4.78, 5) is 19.1. The summed E-state index contributed by atoms with van der Waals surface area (Å²) in [6, 6.07) is 8.35. The van der Waals surface area contributed by atoms with Crippen LogP contribution in [0.25, 0.3) is 11.1 Å². The van der Waals surface area contributed by atoms with Crippen molar-refractivity contribution >= 4 is 28.6 Å². The minimum atomic E-state index is -1.04. The first-order valence-corrected chi connectivity index (χ1v) is 9.20. The smallest absolute Gasteiger partial charge is 0.254 e. The summed E-state index contributed by atoms with van der Waals surface area (Å²) in [6.07, 6.45) is 3.77. The molecule has 7 heteroatoms. The van der Waals surface area contributed by atoms with Gasteiger partial charge in [0.2, 0.25) is 5.89 Å². The second-order valence-electron chi connectivity index (χ2n) is 6.72. The zero-order valence-corrected chi connectivity index (χ0v) is 15.2. The van der Waals surface area contributed by atoms with Gasteiger partial charge in [-0.05, 0) is 49.2 Å². The highest BCUT2D eigenvalue weighted by Gasteiger charge is 2.29. The van der Waals surface area contributed by atoms with Gasteiger partial charge in [0.15, 0.2) is 17.2 Å². The third-order valence-electron chi connectivity index (χ3n) is 4.89.